The average molecular weight is 404 g/mol. The maximum absolute atomic E-state index is 12.1. The minimum Gasteiger partial charge on any atom is -0.493 e. The van der Waals surface area contributed by atoms with E-state index in [0.29, 0.717) is 29.3 Å². The lowest BCUT2D eigenvalue weighted by atomic mass is 10.1. The lowest BCUT2D eigenvalue weighted by Gasteiger charge is -2.09. The third-order valence-corrected chi connectivity index (χ3v) is 4.05. The van der Waals surface area contributed by atoms with Gasteiger partial charge in [-0.25, -0.2) is 0 Å². The van der Waals surface area contributed by atoms with Gasteiger partial charge in [-0.3, -0.25) is 14.4 Å². The van der Waals surface area contributed by atoms with Crippen molar-refractivity contribution in [1.29, 1.82) is 0 Å². The molecule has 0 spiro atoms. The molecule has 1 amide bonds. The lowest BCUT2D eigenvalue weighted by Crippen LogP contribution is -2.15. The van der Waals surface area contributed by atoms with Crippen LogP contribution in [0.3, 0.4) is 0 Å². The van der Waals surface area contributed by atoms with Crippen molar-refractivity contribution in [2.45, 2.75) is 26.7 Å². The van der Waals surface area contributed by atoms with Crippen LogP contribution in [0.4, 0.5) is 5.69 Å². The van der Waals surface area contributed by atoms with Crippen LogP contribution in [0.15, 0.2) is 42.5 Å². The van der Waals surface area contributed by atoms with E-state index in [1.165, 1.54) is 6.92 Å². The lowest BCUT2D eigenvalue weighted by molar-refractivity contribution is -0.142. The number of carbonyl (C=O) groups is 3. The van der Waals surface area contributed by atoms with E-state index in [1.54, 1.807) is 42.5 Å². The number of nitrogens with one attached hydrogen (secondary N) is 1. The maximum atomic E-state index is 12.1. The molecule has 0 aliphatic heterocycles. The van der Waals surface area contributed by atoms with Gasteiger partial charge in [-0.2, -0.15) is 0 Å². The molecule has 0 radical (unpaired) electrons. The third kappa shape index (κ3) is 7.04. The first-order valence-electron chi connectivity index (χ1n) is 8.80. The molecule has 2 aromatic carbocycles. The molecule has 0 aliphatic carbocycles. The van der Waals surface area contributed by atoms with Gasteiger partial charge in [0, 0.05) is 29.6 Å². The number of anilines is 1. The molecular weight excluding hydrogens is 382 g/mol. The number of hydrogen-bond donors (Lipinski definition) is 1. The first-order valence-corrected chi connectivity index (χ1v) is 9.18. The minimum absolute atomic E-state index is 0.154. The van der Waals surface area contributed by atoms with Crippen LogP contribution >= 0.6 is 11.6 Å². The summed E-state index contributed by atoms with van der Waals surface area (Å²) in [6.45, 7) is 3.33. The Hall–Kier alpha value is -2.86. The smallest absolute Gasteiger partial charge is 0.306 e. The molecule has 0 saturated carbocycles. The zero-order chi connectivity index (χ0) is 20.5. The van der Waals surface area contributed by atoms with Crippen molar-refractivity contribution in [2.75, 3.05) is 18.5 Å². The number of ketones is 1. The molecule has 2 aromatic rings. The molecule has 0 unspecified atom stereocenters. The van der Waals surface area contributed by atoms with Crippen molar-refractivity contribution >= 4 is 34.9 Å². The molecular formula is C21H22ClNO5. The molecule has 0 bridgehead atoms. The molecule has 148 valence electrons. The van der Waals surface area contributed by atoms with Gasteiger partial charge in [0.2, 0.25) is 5.91 Å². The number of amides is 1. The highest BCUT2D eigenvalue weighted by Crippen LogP contribution is 2.22. The van der Waals surface area contributed by atoms with Crippen LogP contribution in [0, 0.1) is 6.92 Å². The van der Waals surface area contributed by atoms with E-state index in [-0.39, 0.29) is 24.7 Å². The number of carbonyl (C=O) groups excluding carboxylic acids is 3. The number of halogens is 1. The van der Waals surface area contributed by atoms with Crippen LogP contribution < -0.4 is 10.1 Å². The van der Waals surface area contributed by atoms with Crippen molar-refractivity contribution in [3.05, 3.63) is 58.6 Å². The first-order chi connectivity index (χ1) is 13.3. The molecule has 28 heavy (non-hydrogen) atoms. The highest BCUT2D eigenvalue weighted by atomic mass is 35.5. The van der Waals surface area contributed by atoms with Gasteiger partial charge in [0.05, 0.1) is 6.61 Å². The van der Waals surface area contributed by atoms with Gasteiger partial charge in [-0.1, -0.05) is 11.6 Å². The molecule has 0 fully saturated rings. The van der Waals surface area contributed by atoms with E-state index in [1.807, 2.05) is 6.92 Å². The second kappa shape index (κ2) is 10.5. The van der Waals surface area contributed by atoms with E-state index >= 15 is 0 Å². The highest BCUT2D eigenvalue weighted by molar-refractivity contribution is 6.30. The first kappa shape index (κ1) is 21.4. The van der Waals surface area contributed by atoms with E-state index < -0.39 is 5.97 Å². The third-order valence-electron chi connectivity index (χ3n) is 3.81. The normalized spacial score (nSPS) is 10.2. The molecule has 7 heteroatoms. The summed E-state index contributed by atoms with van der Waals surface area (Å²) in [7, 11) is 0. The zero-order valence-electron chi connectivity index (χ0n) is 15.8. The van der Waals surface area contributed by atoms with Crippen LogP contribution in [0.5, 0.6) is 5.75 Å². The van der Waals surface area contributed by atoms with Crippen molar-refractivity contribution in [3.63, 3.8) is 0 Å². The predicted molar refractivity (Wildman–Crippen MR) is 107 cm³/mol. The van der Waals surface area contributed by atoms with Crippen LogP contribution in [0.1, 0.15) is 35.7 Å². The number of benzene rings is 2. The van der Waals surface area contributed by atoms with Gasteiger partial charge in [-0.15, -0.1) is 0 Å². The Bertz CT molecular complexity index is 848. The molecule has 0 heterocycles. The van der Waals surface area contributed by atoms with Gasteiger partial charge in [0.25, 0.3) is 0 Å². The SMILES string of the molecule is CC(=O)Nc1ccc(C(=O)COC(=O)CCCOc2ccc(Cl)cc2C)cc1. The number of aryl methyl sites for hydroxylation is 1. The van der Waals surface area contributed by atoms with Crippen molar-refractivity contribution in [2.24, 2.45) is 0 Å². The summed E-state index contributed by atoms with van der Waals surface area (Å²) in [6.07, 6.45) is 0.627. The number of hydrogen-bond acceptors (Lipinski definition) is 5. The molecule has 0 atom stereocenters. The fourth-order valence-electron chi connectivity index (χ4n) is 2.42. The summed E-state index contributed by atoms with van der Waals surface area (Å²) in [5, 5.41) is 3.26. The second-order valence-corrected chi connectivity index (χ2v) is 6.64. The summed E-state index contributed by atoms with van der Waals surface area (Å²) in [5.41, 5.74) is 1.92. The Morgan fingerprint density at radius 1 is 1.07 bits per heavy atom. The molecule has 2 rings (SSSR count). The molecule has 0 aliphatic rings. The van der Waals surface area contributed by atoms with Gasteiger partial charge >= 0.3 is 5.97 Å². The van der Waals surface area contributed by atoms with E-state index in [0.717, 1.165) is 11.3 Å². The summed E-state index contributed by atoms with van der Waals surface area (Å²) < 4.78 is 10.6. The van der Waals surface area contributed by atoms with Gasteiger partial charge < -0.3 is 14.8 Å². The van der Waals surface area contributed by atoms with E-state index in [9.17, 15) is 14.4 Å². The Balaban J connectivity index is 1.68. The van der Waals surface area contributed by atoms with Gasteiger partial charge in [0.15, 0.2) is 12.4 Å². The fraction of sp³-hybridized carbons (Fsp3) is 0.286. The van der Waals surface area contributed by atoms with E-state index in [2.05, 4.69) is 5.32 Å². The topological polar surface area (TPSA) is 81.7 Å². The van der Waals surface area contributed by atoms with Gasteiger partial charge in [-0.05, 0) is 61.4 Å². The maximum Gasteiger partial charge on any atom is 0.306 e. The number of esters is 1. The van der Waals surface area contributed by atoms with Crippen LogP contribution in [-0.4, -0.2) is 30.9 Å². The van der Waals surface area contributed by atoms with Crippen LogP contribution in [0.2, 0.25) is 5.02 Å². The van der Waals surface area contributed by atoms with Crippen molar-refractivity contribution < 1.29 is 23.9 Å². The monoisotopic (exact) mass is 403 g/mol. The predicted octanol–water partition coefficient (Wildman–Crippen LogP) is 4.19. The summed E-state index contributed by atoms with van der Waals surface area (Å²) in [5.74, 6) is -0.241. The molecule has 1 N–H and O–H groups in total. The Labute approximate surface area is 168 Å². The number of rotatable bonds is 9. The van der Waals surface area contributed by atoms with Crippen LogP contribution in [-0.2, 0) is 14.3 Å². The summed E-state index contributed by atoms with van der Waals surface area (Å²) in [6, 6.07) is 11.7. The Morgan fingerprint density at radius 3 is 2.43 bits per heavy atom. The molecule has 0 saturated heterocycles. The Kier molecular flexibility index (Phi) is 8.02. The molecule has 0 aromatic heterocycles. The standard InChI is InChI=1S/C21H22ClNO5/c1-14-12-17(22)7-10-20(14)27-11-3-4-21(26)28-13-19(25)16-5-8-18(9-6-16)23-15(2)24/h5-10,12H,3-4,11,13H2,1-2H3,(H,23,24). The highest BCUT2D eigenvalue weighted by Gasteiger charge is 2.10. The minimum atomic E-state index is -0.459. The summed E-state index contributed by atoms with van der Waals surface area (Å²) >= 11 is 5.89. The molecule has 6 nitrogen and oxygen atoms in total. The Morgan fingerprint density at radius 2 is 1.79 bits per heavy atom. The second-order valence-electron chi connectivity index (χ2n) is 6.20. The van der Waals surface area contributed by atoms with Gasteiger partial charge in [0.1, 0.15) is 5.75 Å². The van der Waals surface area contributed by atoms with E-state index in [4.69, 9.17) is 21.1 Å². The fourth-order valence-corrected chi connectivity index (χ4v) is 2.64. The summed E-state index contributed by atoms with van der Waals surface area (Å²) in [4.78, 5) is 34.8. The number of ether oxygens (including phenoxy) is 2. The number of Topliss-reactive ketones (excluding diaryl/α,β-unsaturated/α-hetero) is 1. The van der Waals surface area contributed by atoms with Crippen molar-refractivity contribution in [1.82, 2.24) is 0 Å². The quantitative estimate of drug-likeness (QED) is 0.385. The zero-order valence-corrected chi connectivity index (χ0v) is 16.5. The average Bonchev–Trinajstić information content (AvgIpc) is 2.65. The van der Waals surface area contributed by atoms with Crippen molar-refractivity contribution in [3.8, 4) is 5.75 Å². The van der Waals surface area contributed by atoms with Crippen LogP contribution in [0.25, 0.3) is 0 Å². The largest absolute Gasteiger partial charge is 0.493 e.